The van der Waals surface area contributed by atoms with Gasteiger partial charge in [0.05, 0.1) is 24.3 Å². The van der Waals surface area contributed by atoms with E-state index in [1.54, 1.807) is 11.9 Å². The summed E-state index contributed by atoms with van der Waals surface area (Å²) in [5, 5.41) is 0. The largest absolute Gasteiger partial charge is 0.445 e. The normalized spacial score (nSPS) is 17.6. The highest BCUT2D eigenvalue weighted by molar-refractivity contribution is 5.81. The first-order chi connectivity index (χ1) is 14.6. The molecule has 2 aliphatic rings. The number of fused-ring (bicyclic) bond motifs is 1. The second-order valence-corrected chi connectivity index (χ2v) is 7.88. The van der Waals surface area contributed by atoms with Crippen LogP contribution < -0.4 is 5.76 Å². The van der Waals surface area contributed by atoms with Gasteiger partial charge in [0, 0.05) is 20.0 Å². The van der Waals surface area contributed by atoms with Crippen molar-refractivity contribution in [3.63, 3.8) is 0 Å². The summed E-state index contributed by atoms with van der Waals surface area (Å²) in [6.45, 7) is 1.65. The average molecular weight is 406 g/mol. The summed E-state index contributed by atoms with van der Waals surface area (Å²) in [5.41, 5.74) is 3.97. The summed E-state index contributed by atoms with van der Waals surface area (Å²) in [4.78, 5) is 26.3. The van der Waals surface area contributed by atoms with Crippen molar-refractivity contribution in [2.45, 2.75) is 18.6 Å². The minimum Gasteiger partial charge on any atom is -0.445 e. The minimum absolute atomic E-state index is 0.243. The Bertz CT molecular complexity index is 1190. The molecule has 1 fully saturated rings. The lowest BCUT2D eigenvalue weighted by molar-refractivity contribution is -0.128. The molecule has 5 rings (SSSR count). The number of oxazole rings is 1. The zero-order chi connectivity index (χ0) is 20.7. The van der Waals surface area contributed by atoms with Crippen molar-refractivity contribution in [1.82, 2.24) is 9.47 Å². The standard InChI is InChI=1S/C23H22N2O5/c1-24-19-8-7-17(11-20(19)30-21(24)26)18-9-10-25(23(12-18)14-28-15-23)22(27)29-13-16-5-3-2-4-6-16/h2-9,11H,10,12-15H2,1H3. The van der Waals surface area contributed by atoms with Crippen LogP contribution in [0.1, 0.15) is 17.5 Å². The van der Waals surface area contributed by atoms with E-state index in [1.807, 2.05) is 54.6 Å². The van der Waals surface area contributed by atoms with Crippen LogP contribution in [-0.2, 0) is 23.1 Å². The van der Waals surface area contributed by atoms with Crippen molar-refractivity contribution in [2.75, 3.05) is 19.8 Å². The van der Waals surface area contributed by atoms with E-state index in [-0.39, 0.29) is 18.5 Å². The molecular formula is C23H22N2O5. The van der Waals surface area contributed by atoms with E-state index >= 15 is 0 Å². The Morgan fingerprint density at radius 3 is 2.70 bits per heavy atom. The SMILES string of the molecule is Cn1c(=O)oc2cc(C3=CCN(C(=O)OCc4ccccc4)C4(COC4)C3)ccc21. The lowest BCUT2D eigenvalue weighted by atomic mass is 9.81. The van der Waals surface area contributed by atoms with Crippen LogP contribution in [0.25, 0.3) is 16.7 Å². The molecular weight excluding hydrogens is 384 g/mol. The number of carbonyl (C=O) groups is 1. The second kappa shape index (κ2) is 7.18. The molecule has 2 aromatic carbocycles. The van der Waals surface area contributed by atoms with Crippen LogP contribution in [-0.4, -0.2) is 40.9 Å². The molecule has 2 aliphatic heterocycles. The summed E-state index contributed by atoms with van der Waals surface area (Å²) in [6, 6.07) is 15.4. The van der Waals surface area contributed by atoms with Gasteiger partial charge in [-0.2, -0.15) is 0 Å². The molecule has 7 heteroatoms. The predicted molar refractivity (Wildman–Crippen MR) is 111 cm³/mol. The van der Waals surface area contributed by atoms with Crippen molar-refractivity contribution in [2.24, 2.45) is 7.05 Å². The van der Waals surface area contributed by atoms with Gasteiger partial charge < -0.3 is 13.9 Å². The van der Waals surface area contributed by atoms with E-state index in [0.29, 0.717) is 31.8 Å². The van der Waals surface area contributed by atoms with Gasteiger partial charge in [0.25, 0.3) is 0 Å². The van der Waals surface area contributed by atoms with Gasteiger partial charge in [0.1, 0.15) is 6.61 Å². The molecule has 30 heavy (non-hydrogen) atoms. The van der Waals surface area contributed by atoms with Gasteiger partial charge in [-0.05, 0) is 28.8 Å². The van der Waals surface area contributed by atoms with Crippen LogP contribution >= 0.6 is 0 Å². The molecule has 1 aromatic heterocycles. The number of aryl methyl sites for hydroxylation is 1. The van der Waals surface area contributed by atoms with Crippen LogP contribution in [0, 0.1) is 0 Å². The molecule has 0 radical (unpaired) electrons. The summed E-state index contributed by atoms with van der Waals surface area (Å²) < 4.78 is 17.9. The number of benzene rings is 2. The molecule has 1 spiro atoms. The van der Waals surface area contributed by atoms with E-state index < -0.39 is 5.54 Å². The Morgan fingerprint density at radius 1 is 1.17 bits per heavy atom. The maximum atomic E-state index is 12.8. The molecule has 0 saturated carbocycles. The zero-order valence-corrected chi connectivity index (χ0v) is 16.7. The first-order valence-electron chi connectivity index (χ1n) is 9.91. The van der Waals surface area contributed by atoms with Crippen LogP contribution in [0.5, 0.6) is 0 Å². The van der Waals surface area contributed by atoms with Gasteiger partial charge in [0.2, 0.25) is 0 Å². The molecule has 7 nitrogen and oxygen atoms in total. The number of aromatic nitrogens is 1. The first-order valence-corrected chi connectivity index (χ1v) is 9.91. The molecule has 1 saturated heterocycles. The third-order valence-electron chi connectivity index (χ3n) is 5.94. The quantitative estimate of drug-likeness (QED) is 0.667. The van der Waals surface area contributed by atoms with Crippen molar-refractivity contribution in [1.29, 1.82) is 0 Å². The Labute approximate surface area is 173 Å². The minimum atomic E-state index is -0.398. The molecule has 1 amide bonds. The van der Waals surface area contributed by atoms with Crippen LogP contribution in [0.4, 0.5) is 4.79 Å². The van der Waals surface area contributed by atoms with Gasteiger partial charge in [-0.15, -0.1) is 0 Å². The number of ether oxygens (including phenoxy) is 2. The molecule has 0 atom stereocenters. The van der Waals surface area contributed by atoms with Gasteiger partial charge in [-0.3, -0.25) is 9.47 Å². The highest BCUT2D eigenvalue weighted by Gasteiger charge is 2.49. The maximum absolute atomic E-state index is 12.8. The summed E-state index contributed by atoms with van der Waals surface area (Å²) in [6.07, 6.45) is 2.37. The van der Waals surface area contributed by atoms with E-state index in [4.69, 9.17) is 13.9 Å². The molecule has 0 N–H and O–H groups in total. The second-order valence-electron chi connectivity index (χ2n) is 7.88. The smallest absolute Gasteiger partial charge is 0.419 e. The number of amides is 1. The fraction of sp³-hybridized carbons (Fsp3) is 0.304. The zero-order valence-electron chi connectivity index (χ0n) is 16.7. The molecule has 154 valence electrons. The van der Waals surface area contributed by atoms with Crippen molar-refractivity contribution >= 4 is 22.8 Å². The van der Waals surface area contributed by atoms with Crippen molar-refractivity contribution in [3.05, 3.63) is 76.3 Å². The monoisotopic (exact) mass is 406 g/mol. The van der Waals surface area contributed by atoms with Crippen LogP contribution in [0.3, 0.4) is 0 Å². The Kier molecular flexibility index (Phi) is 4.47. The number of nitrogens with zero attached hydrogens (tertiary/aromatic N) is 2. The Balaban J connectivity index is 1.37. The number of hydrogen-bond acceptors (Lipinski definition) is 5. The number of hydrogen-bond donors (Lipinski definition) is 0. The van der Waals surface area contributed by atoms with E-state index in [2.05, 4.69) is 0 Å². The van der Waals surface area contributed by atoms with Gasteiger partial charge >= 0.3 is 11.8 Å². The van der Waals surface area contributed by atoms with Crippen molar-refractivity contribution < 1.29 is 18.7 Å². The fourth-order valence-electron chi connectivity index (χ4n) is 4.13. The number of rotatable bonds is 3. The van der Waals surface area contributed by atoms with Crippen LogP contribution in [0.15, 0.2) is 63.8 Å². The Hall–Kier alpha value is -3.32. The first kappa shape index (κ1) is 18.7. The summed E-state index contributed by atoms with van der Waals surface area (Å²) in [5.74, 6) is -0.379. The van der Waals surface area contributed by atoms with Gasteiger partial charge in [-0.1, -0.05) is 42.5 Å². The lowest BCUT2D eigenvalue weighted by Crippen LogP contribution is -2.65. The van der Waals surface area contributed by atoms with E-state index in [1.165, 1.54) is 4.57 Å². The molecule has 3 aromatic rings. The maximum Gasteiger partial charge on any atom is 0.419 e. The lowest BCUT2D eigenvalue weighted by Gasteiger charge is -2.51. The molecule has 0 aliphatic carbocycles. The van der Waals surface area contributed by atoms with E-state index in [9.17, 15) is 9.59 Å². The van der Waals surface area contributed by atoms with E-state index in [0.717, 1.165) is 22.2 Å². The molecule has 0 bridgehead atoms. The topological polar surface area (TPSA) is 73.9 Å². The van der Waals surface area contributed by atoms with Gasteiger partial charge in [0.15, 0.2) is 5.58 Å². The highest BCUT2D eigenvalue weighted by Crippen LogP contribution is 2.39. The fourth-order valence-corrected chi connectivity index (χ4v) is 4.13. The molecule has 0 unspecified atom stereocenters. The highest BCUT2D eigenvalue weighted by atomic mass is 16.6. The average Bonchev–Trinajstić information content (AvgIpc) is 3.04. The van der Waals surface area contributed by atoms with Gasteiger partial charge in [-0.25, -0.2) is 9.59 Å². The predicted octanol–water partition coefficient (Wildman–Crippen LogP) is 3.33. The number of carbonyl (C=O) groups excluding carboxylic acids is 1. The summed E-state index contributed by atoms with van der Waals surface area (Å²) >= 11 is 0. The molecule has 3 heterocycles. The third kappa shape index (κ3) is 3.11. The third-order valence-corrected chi connectivity index (χ3v) is 5.94. The summed E-state index contributed by atoms with van der Waals surface area (Å²) in [7, 11) is 1.69. The van der Waals surface area contributed by atoms with Crippen molar-refractivity contribution in [3.8, 4) is 0 Å². The van der Waals surface area contributed by atoms with Crippen LogP contribution in [0.2, 0.25) is 0 Å². The Morgan fingerprint density at radius 2 is 1.97 bits per heavy atom.